The van der Waals surface area contributed by atoms with Gasteiger partial charge in [-0.1, -0.05) is 56.3 Å². The zero-order chi connectivity index (χ0) is 26.3. The van der Waals surface area contributed by atoms with Gasteiger partial charge in [-0.3, -0.25) is 19.5 Å². The summed E-state index contributed by atoms with van der Waals surface area (Å²) in [6.07, 6.45) is 1.62. The number of aryl methyl sites for hydroxylation is 1. The van der Waals surface area contributed by atoms with Crippen LogP contribution in [0.3, 0.4) is 0 Å². The quantitative estimate of drug-likeness (QED) is 0.201. The van der Waals surface area contributed by atoms with E-state index in [9.17, 15) is 14.7 Å². The Labute approximate surface area is 215 Å². The summed E-state index contributed by atoms with van der Waals surface area (Å²) in [5.74, 6) is -0.849. The van der Waals surface area contributed by atoms with Crippen LogP contribution in [0, 0.1) is 6.92 Å². The van der Waals surface area contributed by atoms with E-state index in [1.54, 1.807) is 31.5 Å². The van der Waals surface area contributed by atoms with Crippen LogP contribution in [-0.4, -0.2) is 28.9 Å². The number of hydrogen-bond acceptors (Lipinski definition) is 5. The van der Waals surface area contributed by atoms with Crippen molar-refractivity contribution in [2.24, 2.45) is 0 Å². The monoisotopic (exact) mass is 492 g/mol. The third-order valence-corrected chi connectivity index (χ3v) is 6.89. The van der Waals surface area contributed by atoms with Crippen molar-refractivity contribution in [3.05, 3.63) is 107 Å². The number of rotatable bonds is 5. The first-order valence-corrected chi connectivity index (χ1v) is 12.2. The summed E-state index contributed by atoms with van der Waals surface area (Å²) in [5, 5.41) is 13.4. The average Bonchev–Trinajstić information content (AvgIpc) is 3.18. The van der Waals surface area contributed by atoms with E-state index in [0.29, 0.717) is 22.7 Å². The molecule has 1 amide bonds. The minimum absolute atomic E-state index is 0.0135. The molecule has 1 aromatic heterocycles. The zero-order valence-corrected chi connectivity index (χ0v) is 21.2. The molecule has 1 unspecified atom stereocenters. The molecule has 0 bridgehead atoms. The van der Waals surface area contributed by atoms with Crippen molar-refractivity contribution in [2.45, 2.75) is 32.7 Å². The molecule has 1 fully saturated rings. The van der Waals surface area contributed by atoms with Crippen LogP contribution >= 0.6 is 0 Å². The van der Waals surface area contributed by atoms with Gasteiger partial charge >= 0.3 is 0 Å². The third-order valence-electron chi connectivity index (χ3n) is 6.89. The van der Waals surface area contributed by atoms with Crippen molar-refractivity contribution < 1.29 is 19.4 Å². The van der Waals surface area contributed by atoms with Gasteiger partial charge in [-0.25, -0.2) is 0 Å². The molecule has 6 nitrogen and oxygen atoms in total. The van der Waals surface area contributed by atoms with Crippen molar-refractivity contribution in [3.8, 4) is 5.75 Å². The smallest absolute Gasteiger partial charge is 0.300 e. The molecule has 4 aromatic rings. The zero-order valence-electron chi connectivity index (χ0n) is 21.2. The number of methoxy groups -OCH3 is 1. The Bertz CT molecular complexity index is 1550. The normalized spacial score (nSPS) is 17.1. The number of benzene rings is 3. The molecule has 5 rings (SSSR count). The van der Waals surface area contributed by atoms with Gasteiger partial charge in [-0.15, -0.1) is 0 Å². The lowest BCUT2D eigenvalue weighted by Gasteiger charge is -2.26. The molecule has 37 heavy (non-hydrogen) atoms. The summed E-state index contributed by atoms with van der Waals surface area (Å²) in [6, 6.07) is 21.5. The van der Waals surface area contributed by atoms with Gasteiger partial charge in [0.15, 0.2) is 0 Å². The van der Waals surface area contributed by atoms with E-state index in [2.05, 4.69) is 4.98 Å². The van der Waals surface area contributed by atoms with Crippen molar-refractivity contribution in [1.82, 2.24) is 4.98 Å². The largest absolute Gasteiger partial charge is 0.507 e. The molecule has 0 saturated carbocycles. The first-order valence-electron chi connectivity index (χ1n) is 12.2. The number of carbonyl (C=O) groups excluding carboxylic acids is 2. The third kappa shape index (κ3) is 4.04. The number of aliphatic hydroxyl groups excluding tert-OH is 1. The number of ketones is 1. The lowest BCUT2D eigenvalue weighted by molar-refractivity contribution is -0.132. The molecular formula is C31H28N2O4. The van der Waals surface area contributed by atoms with Gasteiger partial charge in [-0.05, 0) is 59.7 Å². The maximum atomic E-state index is 13.6. The Balaban J connectivity index is 1.78. The number of amides is 1. The Morgan fingerprint density at radius 1 is 1.00 bits per heavy atom. The minimum Gasteiger partial charge on any atom is -0.507 e. The van der Waals surface area contributed by atoms with Crippen LogP contribution in [0.15, 0.2) is 84.6 Å². The highest BCUT2D eigenvalue weighted by molar-refractivity contribution is 6.52. The van der Waals surface area contributed by atoms with Gasteiger partial charge in [0.05, 0.1) is 24.1 Å². The Hall–Kier alpha value is -4.45. The van der Waals surface area contributed by atoms with E-state index in [4.69, 9.17) is 4.74 Å². The highest BCUT2D eigenvalue weighted by atomic mass is 16.5. The Kier molecular flexibility index (Phi) is 6.25. The second kappa shape index (κ2) is 9.54. The number of hydrogen-bond donors (Lipinski definition) is 1. The highest BCUT2D eigenvalue weighted by Gasteiger charge is 2.48. The van der Waals surface area contributed by atoms with Gasteiger partial charge in [-0.2, -0.15) is 0 Å². The van der Waals surface area contributed by atoms with Crippen LogP contribution in [0.25, 0.3) is 16.5 Å². The fourth-order valence-electron chi connectivity index (χ4n) is 5.04. The molecule has 6 heteroatoms. The number of nitrogens with zero attached hydrogens (tertiary/aromatic N) is 2. The van der Waals surface area contributed by atoms with Gasteiger partial charge in [0.2, 0.25) is 0 Å². The summed E-state index contributed by atoms with van der Waals surface area (Å²) in [6.45, 7) is 5.91. The van der Waals surface area contributed by atoms with Crippen LogP contribution in [0.4, 0.5) is 5.69 Å². The second-order valence-corrected chi connectivity index (χ2v) is 9.49. The van der Waals surface area contributed by atoms with Gasteiger partial charge < -0.3 is 9.84 Å². The average molecular weight is 493 g/mol. The fourth-order valence-corrected chi connectivity index (χ4v) is 5.04. The lowest BCUT2D eigenvalue weighted by Crippen LogP contribution is -2.30. The molecule has 0 aliphatic carbocycles. The SMILES string of the molecule is COc1cc(C)c(/C(O)=C2\C(=O)C(=O)N(c3cccc4ccccc34)C2c2ccccn2)cc1C(C)C. The number of Topliss-reactive ketones (excluding diaryl/α,β-unsaturated/α-hetero) is 1. The molecule has 1 N–H and O–H groups in total. The van der Waals surface area contributed by atoms with Gasteiger partial charge in [0, 0.05) is 17.1 Å². The van der Waals surface area contributed by atoms with Gasteiger partial charge in [0.25, 0.3) is 11.7 Å². The van der Waals surface area contributed by atoms with Crippen LogP contribution in [0.1, 0.15) is 48.2 Å². The molecular weight excluding hydrogens is 464 g/mol. The fraction of sp³-hybridized carbons (Fsp3) is 0.194. The maximum absolute atomic E-state index is 13.6. The molecule has 186 valence electrons. The molecule has 2 heterocycles. The highest BCUT2D eigenvalue weighted by Crippen LogP contribution is 2.44. The summed E-state index contributed by atoms with van der Waals surface area (Å²) in [7, 11) is 1.61. The van der Waals surface area contributed by atoms with Crippen LogP contribution in [0.2, 0.25) is 0 Å². The molecule has 0 radical (unpaired) electrons. The van der Waals surface area contributed by atoms with Crippen LogP contribution in [0.5, 0.6) is 5.75 Å². The number of pyridine rings is 1. The second-order valence-electron chi connectivity index (χ2n) is 9.49. The first kappa shape index (κ1) is 24.3. The Morgan fingerprint density at radius 2 is 1.73 bits per heavy atom. The van der Waals surface area contributed by atoms with Crippen LogP contribution < -0.4 is 9.64 Å². The number of anilines is 1. The van der Waals surface area contributed by atoms with Crippen molar-refractivity contribution in [3.63, 3.8) is 0 Å². The molecule has 0 spiro atoms. The van der Waals surface area contributed by atoms with E-state index in [1.807, 2.05) is 75.4 Å². The molecule has 1 atom stereocenters. The predicted octanol–water partition coefficient (Wildman–Crippen LogP) is 6.30. The van der Waals surface area contributed by atoms with Crippen molar-refractivity contribution in [2.75, 3.05) is 12.0 Å². The summed E-state index contributed by atoms with van der Waals surface area (Å²) in [5.41, 5.74) is 3.21. The van der Waals surface area contributed by atoms with E-state index in [0.717, 1.165) is 21.9 Å². The Morgan fingerprint density at radius 3 is 2.43 bits per heavy atom. The van der Waals surface area contributed by atoms with E-state index in [-0.39, 0.29) is 17.3 Å². The molecule has 1 aliphatic heterocycles. The summed E-state index contributed by atoms with van der Waals surface area (Å²) < 4.78 is 5.56. The standard InChI is InChI=1S/C31H28N2O4/c1-18(2)22-17-23(19(3)16-26(22)37-4)29(34)27-28(24-13-7-8-15-32-24)33(31(36)30(27)35)25-14-9-11-20-10-5-6-12-21(20)25/h5-18,28,34H,1-4H3/b29-27+. The van der Waals surface area contributed by atoms with E-state index >= 15 is 0 Å². The van der Waals surface area contributed by atoms with Gasteiger partial charge in [0.1, 0.15) is 17.6 Å². The van der Waals surface area contributed by atoms with Crippen LogP contribution in [-0.2, 0) is 9.59 Å². The summed E-state index contributed by atoms with van der Waals surface area (Å²) >= 11 is 0. The van der Waals surface area contributed by atoms with E-state index in [1.165, 1.54) is 4.90 Å². The number of aliphatic hydroxyl groups is 1. The topological polar surface area (TPSA) is 79.7 Å². The number of fused-ring (bicyclic) bond motifs is 1. The number of aromatic nitrogens is 1. The molecule has 3 aromatic carbocycles. The lowest BCUT2D eigenvalue weighted by atomic mass is 9.92. The molecule has 1 aliphatic rings. The first-order chi connectivity index (χ1) is 17.8. The molecule has 1 saturated heterocycles. The number of carbonyl (C=O) groups is 2. The predicted molar refractivity (Wildman–Crippen MR) is 145 cm³/mol. The number of ether oxygens (including phenoxy) is 1. The maximum Gasteiger partial charge on any atom is 0.300 e. The minimum atomic E-state index is -0.893. The van der Waals surface area contributed by atoms with Crippen molar-refractivity contribution in [1.29, 1.82) is 0 Å². The summed E-state index contributed by atoms with van der Waals surface area (Å²) in [4.78, 5) is 33.2. The van der Waals surface area contributed by atoms with E-state index < -0.39 is 17.7 Å². The van der Waals surface area contributed by atoms with Crippen molar-refractivity contribution >= 4 is 33.9 Å².